The molecule has 0 unspecified atom stereocenters. The quantitative estimate of drug-likeness (QED) is 0.823. The van der Waals surface area contributed by atoms with Crippen molar-refractivity contribution in [3.05, 3.63) is 0 Å². The van der Waals surface area contributed by atoms with Crippen LogP contribution in [0.3, 0.4) is 0 Å². The fourth-order valence-corrected chi connectivity index (χ4v) is 4.56. The lowest BCUT2D eigenvalue weighted by Crippen LogP contribution is -2.63. The summed E-state index contributed by atoms with van der Waals surface area (Å²) in [5.41, 5.74) is 0.538. The zero-order valence-corrected chi connectivity index (χ0v) is 12.7. The predicted molar refractivity (Wildman–Crippen MR) is 80.5 cm³/mol. The smallest absolute Gasteiger partial charge is 0.0337 e. The van der Waals surface area contributed by atoms with E-state index in [0.717, 1.165) is 5.92 Å². The molecular weight excluding hydrogens is 234 g/mol. The maximum Gasteiger partial charge on any atom is 0.0337 e. The largest absolute Gasteiger partial charge is 0.317 e. The van der Waals surface area contributed by atoms with Crippen LogP contribution in [0.1, 0.15) is 44.9 Å². The van der Waals surface area contributed by atoms with E-state index in [4.69, 9.17) is 0 Å². The summed E-state index contributed by atoms with van der Waals surface area (Å²) in [6.07, 6.45) is 10.1. The minimum absolute atomic E-state index is 0.538. The predicted octanol–water partition coefficient (Wildman–Crippen LogP) is 1.94. The maximum atomic E-state index is 3.50. The number of piperidine rings is 1. The first-order valence-electron chi connectivity index (χ1n) is 8.43. The first-order chi connectivity index (χ1) is 9.28. The lowest BCUT2D eigenvalue weighted by atomic mass is 9.78. The van der Waals surface area contributed by atoms with Gasteiger partial charge in [0.05, 0.1) is 0 Å². The Labute approximate surface area is 118 Å². The lowest BCUT2D eigenvalue weighted by Gasteiger charge is -2.53. The summed E-state index contributed by atoms with van der Waals surface area (Å²) in [7, 11) is 2.32. The third kappa shape index (κ3) is 3.14. The van der Waals surface area contributed by atoms with Gasteiger partial charge in [0.15, 0.2) is 0 Å². The van der Waals surface area contributed by atoms with E-state index in [1.54, 1.807) is 0 Å². The Morgan fingerprint density at radius 1 is 1.05 bits per heavy atom. The molecule has 3 heteroatoms. The van der Waals surface area contributed by atoms with Gasteiger partial charge in [0, 0.05) is 31.7 Å². The van der Waals surface area contributed by atoms with E-state index >= 15 is 0 Å². The van der Waals surface area contributed by atoms with E-state index in [1.165, 1.54) is 84.2 Å². The van der Waals surface area contributed by atoms with Crippen LogP contribution in [-0.2, 0) is 0 Å². The van der Waals surface area contributed by atoms with Crippen LogP contribution in [0.2, 0.25) is 0 Å². The second-order valence-corrected chi connectivity index (χ2v) is 7.16. The average Bonchev–Trinajstić information content (AvgIpc) is 2.44. The normalized spacial score (nSPS) is 30.8. The summed E-state index contributed by atoms with van der Waals surface area (Å²) in [6.45, 7) is 7.75. The van der Waals surface area contributed by atoms with Crippen molar-refractivity contribution in [1.82, 2.24) is 15.1 Å². The van der Waals surface area contributed by atoms with E-state index in [2.05, 4.69) is 22.2 Å². The highest BCUT2D eigenvalue weighted by molar-refractivity contribution is 4.99. The average molecular weight is 265 g/mol. The van der Waals surface area contributed by atoms with E-state index < -0.39 is 0 Å². The number of rotatable bonds is 2. The Bertz CT molecular complexity index is 280. The van der Waals surface area contributed by atoms with Crippen LogP contribution < -0.4 is 5.32 Å². The van der Waals surface area contributed by atoms with Gasteiger partial charge < -0.3 is 10.2 Å². The topological polar surface area (TPSA) is 18.5 Å². The van der Waals surface area contributed by atoms with Crippen LogP contribution in [0.4, 0.5) is 0 Å². The molecule has 0 atom stereocenters. The number of likely N-dealkylation sites (N-methyl/N-ethyl adjacent to an activating group) is 1. The fourth-order valence-electron chi connectivity index (χ4n) is 4.56. The highest BCUT2D eigenvalue weighted by Gasteiger charge is 2.41. The molecule has 0 bridgehead atoms. The first-order valence-corrected chi connectivity index (χ1v) is 8.43. The van der Waals surface area contributed by atoms with Gasteiger partial charge in [0.25, 0.3) is 0 Å². The molecule has 2 saturated heterocycles. The molecule has 0 radical (unpaired) electrons. The Morgan fingerprint density at radius 2 is 1.79 bits per heavy atom. The zero-order chi connectivity index (χ0) is 13.1. The summed E-state index contributed by atoms with van der Waals surface area (Å²) in [6, 6.07) is 0. The third-order valence-electron chi connectivity index (χ3n) is 5.71. The molecule has 110 valence electrons. The zero-order valence-electron chi connectivity index (χ0n) is 12.7. The number of nitrogens with one attached hydrogen (secondary N) is 1. The van der Waals surface area contributed by atoms with Crippen molar-refractivity contribution in [3.8, 4) is 0 Å². The van der Waals surface area contributed by atoms with Gasteiger partial charge in [-0.05, 0) is 51.7 Å². The maximum absolute atomic E-state index is 3.50. The number of nitrogens with zero attached hydrogens (tertiary/aromatic N) is 2. The molecule has 3 nitrogen and oxygen atoms in total. The summed E-state index contributed by atoms with van der Waals surface area (Å²) in [4.78, 5) is 5.48. The van der Waals surface area contributed by atoms with Crippen molar-refractivity contribution in [3.63, 3.8) is 0 Å². The van der Waals surface area contributed by atoms with Crippen molar-refractivity contribution in [1.29, 1.82) is 0 Å². The molecule has 1 spiro atoms. The highest BCUT2D eigenvalue weighted by atomic mass is 15.3. The molecule has 2 aliphatic heterocycles. The van der Waals surface area contributed by atoms with Gasteiger partial charge >= 0.3 is 0 Å². The van der Waals surface area contributed by atoms with Gasteiger partial charge in [-0.1, -0.05) is 19.3 Å². The minimum Gasteiger partial charge on any atom is -0.317 e. The van der Waals surface area contributed by atoms with Gasteiger partial charge in [0.2, 0.25) is 0 Å². The van der Waals surface area contributed by atoms with E-state index in [-0.39, 0.29) is 0 Å². The second kappa shape index (κ2) is 6.11. The molecule has 0 aromatic heterocycles. The van der Waals surface area contributed by atoms with Crippen molar-refractivity contribution < 1.29 is 0 Å². The monoisotopic (exact) mass is 265 g/mol. The van der Waals surface area contributed by atoms with E-state index in [1.807, 2.05) is 0 Å². The molecule has 0 aromatic carbocycles. The first kappa shape index (κ1) is 13.8. The van der Waals surface area contributed by atoms with Crippen molar-refractivity contribution >= 4 is 0 Å². The van der Waals surface area contributed by atoms with E-state index in [9.17, 15) is 0 Å². The Balaban J connectivity index is 1.66. The van der Waals surface area contributed by atoms with Gasteiger partial charge in [-0.25, -0.2) is 0 Å². The Hall–Kier alpha value is -0.120. The summed E-state index contributed by atoms with van der Waals surface area (Å²) >= 11 is 0. The van der Waals surface area contributed by atoms with Crippen LogP contribution >= 0.6 is 0 Å². The Kier molecular flexibility index (Phi) is 4.45. The van der Waals surface area contributed by atoms with Crippen LogP contribution in [-0.4, -0.2) is 61.7 Å². The molecule has 0 aromatic rings. The molecule has 3 rings (SSSR count). The van der Waals surface area contributed by atoms with Crippen LogP contribution in [0.5, 0.6) is 0 Å². The molecule has 1 saturated carbocycles. The molecule has 1 N–H and O–H groups in total. The number of hydrogen-bond acceptors (Lipinski definition) is 3. The van der Waals surface area contributed by atoms with Gasteiger partial charge in [-0.2, -0.15) is 0 Å². The molecule has 0 amide bonds. The second-order valence-electron chi connectivity index (χ2n) is 7.16. The molecule has 2 heterocycles. The summed E-state index contributed by atoms with van der Waals surface area (Å²) in [5.74, 6) is 0.948. The third-order valence-corrected chi connectivity index (χ3v) is 5.71. The lowest BCUT2D eigenvalue weighted by molar-refractivity contribution is -0.0293. The minimum atomic E-state index is 0.538. The SMILES string of the molecule is CN1CCN(CC2CCNCC2)C2(CCCCC2)C1. The van der Waals surface area contributed by atoms with E-state index in [0.29, 0.717) is 5.54 Å². The van der Waals surface area contributed by atoms with Gasteiger partial charge in [-0.15, -0.1) is 0 Å². The Morgan fingerprint density at radius 3 is 2.53 bits per heavy atom. The van der Waals surface area contributed by atoms with Crippen molar-refractivity contribution in [2.45, 2.75) is 50.5 Å². The molecule has 1 aliphatic carbocycles. The highest BCUT2D eigenvalue weighted by Crippen LogP contribution is 2.37. The molecule has 3 aliphatic rings. The van der Waals surface area contributed by atoms with Crippen LogP contribution in [0.15, 0.2) is 0 Å². The molecule has 19 heavy (non-hydrogen) atoms. The number of hydrogen-bond donors (Lipinski definition) is 1. The van der Waals surface area contributed by atoms with Gasteiger partial charge in [-0.3, -0.25) is 4.90 Å². The van der Waals surface area contributed by atoms with Crippen LogP contribution in [0, 0.1) is 5.92 Å². The molecule has 3 fully saturated rings. The van der Waals surface area contributed by atoms with Gasteiger partial charge in [0.1, 0.15) is 0 Å². The fraction of sp³-hybridized carbons (Fsp3) is 1.00. The van der Waals surface area contributed by atoms with Crippen LogP contribution in [0.25, 0.3) is 0 Å². The molecular formula is C16H31N3. The van der Waals surface area contributed by atoms with Crippen molar-refractivity contribution in [2.75, 3.05) is 46.3 Å². The van der Waals surface area contributed by atoms with Crippen molar-refractivity contribution in [2.24, 2.45) is 5.92 Å². The number of piperazine rings is 1. The standard InChI is InChI=1S/C16H31N3/c1-18-11-12-19(13-15-5-9-17-10-6-15)16(14-18)7-3-2-4-8-16/h15,17H,2-14H2,1H3. The summed E-state index contributed by atoms with van der Waals surface area (Å²) in [5, 5.41) is 3.50. The summed E-state index contributed by atoms with van der Waals surface area (Å²) < 4.78 is 0.